The molecule has 2 heterocycles. The van der Waals surface area contributed by atoms with E-state index in [9.17, 15) is 5.11 Å². The molecule has 0 unspecified atom stereocenters. The van der Waals surface area contributed by atoms with Crippen molar-refractivity contribution in [1.82, 2.24) is 19.5 Å². The van der Waals surface area contributed by atoms with Gasteiger partial charge in [0, 0.05) is 12.0 Å². The summed E-state index contributed by atoms with van der Waals surface area (Å²) < 4.78 is 2.13. The molecule has 2 aliphatic rings. The molecule has 1 saturated carbocycles. The van der Waals surface area contributed by atoms with Crippen LogP contribution < -0.4 is 5.32 Å². The number of benzene rings is 1. The highest BCUT2D eigenvalue weighted by Gasteiger charge is 2.32. The fourth-order valence-electron chi connectivity index (χ4n) is 3.75. The highest BCUT2D eigenvalue weighted by atomic mass is 16.3. The van der Waals surface area contributed by atoms with E-state index in [0.29, 0.717) is 6.04 Å². The maximum atomic E-state index is 9.73. The second kappa shape index (κ2) is 5.27. The molecule has 0 radical (unpaired) electrons. The maximum Gasteiger partial charge on any atom is 0.165 e. The molecule has 0 amide bonds. The quantitative estimate of drug-likeness (QED) is 0.772. The third-order valence-electron chi connectivity index (χ3n) is 5.14. The molecule has 3 aromatic rings. The molecule has 24 heavy (non-hydrogen) atoms. The first-order chi connectivity index (χ1) is 11.8. The van der Waals surface area contributed by atoms with Crippen molar-refractivity contribution in [2.45, 2.75) is 37.3 Å². The van der Waals surface area contributed by atoms with E-state index in [4.69, 9.17) is 0 Å². The lowest BCUT2D eigenvalue weighted by molar-refractivity contribution is 0.259. The summed E-state index contributed by atoms with van der Waals surface area (Å²) in [6.45, 7) is 0.170. The van der Waals surface area contributed by atoms with Crippen molar-refractivity contribution in [3.8, 4) is 0 Å². The number of aromatic nitrogens is 4. The molecule has 0 saturated heterocycles. The van der Waals surface area contributed by atoms with Crippen molar-refractivity contribution in [1.29, 1.82) is 0 Å². The van der Waals surface area contributed by atoms with E-state index >= 15 is 0 Å². The molecule has 6 nitrogen and oxygen atoms in total. The van der Waals surface area contributed by atoms with Crippen molar-refractivity contribution in [2.75, 3.05) is 11.9 Å². The van der Waals surface area contributed by atoms with Gasteiger partial charge in [-0.1, -0.05) is 24.3 Å². The molecule has 6 heteroatoms. The number of anilines is 1. The van der Waals surface area contributed by atoms with E-state index in [2.05, 4.69) is 43.0 Å². The summed E-state index contributed by atoms with van der Waals surface area (Å²) in [4.78, 5) is 13.4. The van der Waals surface area contributed by atoms with Crippen LogP contribution in [0.2, 0.25) is 0 Å². The van der Waals surface area contributed by atoms with Crippen LogP contribution in [-0.4, -0.2) is 37.3 Å². The lowest BCUT2D eigenvalue weighted by atomic mass is 10.0. The largest absolute Gasteiger partial charge is 0.396 e. The minimum atomic E-state index is 0.159. The summed E-state index contributed by atoms with van der Waals surface area (Å²) in [6.07, 6.45) is 6.73. The van der Waals surface area contributed by atoms with E-state index < -0.39 is 0 Å². The van der Waals surface area contributed by atoms with Crippen molar-refractivity contribution < 1.29 is 5.11 Å². The van der Waals surface area contributed by atoms with Gasteiger partial charge in [-0.3, -0.25) is 0 Å². The average Bonchev–Trinajstić information content (AvgIpc) is 3.20. The normalized spacial score (nSPS) is 22.7. The molecule has 1 fully saturated rings. The molecule has 0 aliphatic heterocycles. The Balaban J connectivity index is 1.60. The molecule has 2 atom stereocenters. The molecule has 2 aliphatic carbocycles. The standard InChI is InChI=1S/C18H19N5O/c24-8-11-7-15(14-4-2-1-3-13(11)14)23-10-21-16-17(22-12-5-6-12)19-9-20-18(16)23/h1-4,9-12,15,24H,5-8H2,(H,19,20,22)/t11-,15-/m1/s1. The molecule has 2 N–H and O–H groups in total. The molecule has 122 valence electrons. The topological polar surface area (TPSA) is 75.9 Å². The zero-order chi connectivity index (χ0) is 16.1. The first kappa shape index (κ1) is 13.9. The Hall–Kier alpha value is -2.47. The Morgan fingerprint density at radius 1 is 1.12 bits per heavy atom. The van der Waals surface area contributed by atoms with Crippen LogP contribution in [-0.2, 0) is 0 Å². The summed E-state index contributed by atoms with van der Waals surface area (Å²) in [5.74, 6) is 1.00. The fourth-order valence-corrected chi connectivity index (χ4v) is 3.75. The van der Waals surface area contributed by atoms with Crippen molar-refractivity contribution in [3.05, 3.63) is 48.0 Å². The Kier molecular flexibility index (Phi) is 3.06. The van der Waals surface area contributed by atoms with Crippen molar-refractivity contribution in [3.63, 3.8) is 0 Å². The van der Waals surface area contributed by atoms with Gasteiger partial charge in [0.2, 0.25) is 0 Å². The maximum absolute atomic E-state index is 9.73. The number of aliphatic hydroxyl groups excluding tert-OH is 1. The predicted octanol–water partition coefficient (Wildman–Crippen LogP) is 2.47. The van der Waals surface area contributed by atoms with E-state index in [1.165, 1.54) is 24.0 Å². The third-order valence-corrected chi connectivity index (χ3v) is 5.14. The van der Waals surface area contributed by atoms with Gasteiger partial charge < -0.3 is 15.0 Å². The molecule has 2 aromatic heterocycles. The van der Waals surface area contributed by atoms with Crippen molar-refractivity contribution >= 4 is 17.0 Å². The number of nitrogens with one attached hydrogen (secondary N) is 1. The third kappa shape index (κ3) is 2.10. The second-order valence-corrected chi connectivity index (χ2v) is 6.72. The van der Waals surface area contributed by atoms with E-state index in [1.807, 2.05) is 12.4 Å². The summed E-state index contributed by atoms with van der Waals surface area (Å²) in [7, 11) is 0. The van der Waals surface area contributed by atoms with Gasteiger partial charge in [0.25, 0.3) is 0 Å². The highest BCUT2D eigenvalue weighted by Crippen LogP contribution is 2.43. The number of hydrogen-bond donors (Lipinski definition) is 2. The minimum absolute atomic E-state index is 0.159. The Labute approximate surface area is 139 Å². The minimum Gasteiger partial charge on any atom is -0.396 e. The van der Waals surface area contributed by atoms with Gasteiger partial charge in [-0.25, -0.2) is 15.0 Å². The van der Waals surface area contributed by atoms with Crippen LogP contribution >= 0.6 is 0 Å². The molecule has 0 spiro atoms. The summed E-state index contributed by atoms with van der Waals surface area (Å²) in [5, 5.41) is 13.2. The first-order valence-corrected chi connectivity index (χ1v) is 8.49. The number of aliphatic hydroxyl groups is 1. The van der Waals surface area contributed by atoms with Gasteiger partial charge in [-0.05, 0) is 30.4 Å². The van der Waals surface area contributed by atoms with Gasteiger partial charge in [-0.15, -0.1) is 0 Å². The number of nitrogens with zero attached hydrogens (tertiary/aromatic N) is 4. The van der Waals surface area contributed by atoms with Gasteiger partial charge in [0.15, 0.2) is 11.5 Å². The summed E-state index contributed by atoms with van der Waals surface area (Å²) in [5.41, 5.74) is 4.17. The SMILES string of the molecule is OC[C@H]1C[C@@H](n2cnc3c(NC4CC4)ncnc32)c2ccccc21. The highest BCUT2D eigenvalue weighted by molar-refractivity contribution is 5.83. The number of imidazole rings is 1. The molecule has 0 bridgehead atoms. The zero-order valence-corrected chi connectivity index (χ0v) is 13.3. The van der Waals surface area contributed by atoms with Gasteiger partial charge in [0.1, 0.15) is 11.8 Å². The van der Waals surface area contributed by atoms with Crippen LogP contribution in [0, 0.1) is 0 Å². The van der Waals surface area contributed by atoms with Crippen LogP contribution in [0.15, 0.2) is 36.9 Å². The number of rotatable bonds is 4. The van der Waals surface area contributed by atoms with Gasteiger partial charge >= 0.3 is 0 Å². The molecular formula is C18H19N5O. The average molecular weight is 321 g/mol. The van der Waals surface area contributed by atoms with E-state index in [-0.39, 0.29) is 18.6 Å². The smallest absolute Gasteiger partial charge is 0.165 e. The van der Waals surface area contributed by atoms with Gasteiger partial charge in [-0.2, -0.15) is 0 Å². The van der Waals surface area contributed by atoms with E-state index in [0.717, 1.165) is 23.4 Å². The van der Waals surface area contributed by atoms with Crippen LogP contribution in [0.25, 0.3) is 11.2 Å². The van der Waals surface area contributed by atoms with Crippen LogP contribution in [0.3, 0.4) is 0 Å². The number of fused-ring (bicyclic) bond motifs is 2. The first-order valence-electron chi connectivity index (χ1n) is 8.49. The zero-order valence-electron chi connectivity index (χ0n) is 13.3. The monoisotopic (exact) mass is 321 g/mol. The predicted molar refractivity (Wildman–Crippen MR) is 91.0 cm³/mol. The lowest BCUT2D eigenvalue weighted by Gasteiger charge is -2.14. The van der Waals surface area contributed by atoms with Crippen LogP contribution in [0.5, 0.6) is 0 Å². The Bertz CT molecular complexity index is 901. The van der Waals surface area contributed by atoms with Gasteiger partial charge in [0.05, 0.1) is 19.0 Å². The van der Waals surface area contributed by atoms with Crippen LogP contribution in [0.4, 0.5) is 5.82 Å². The molecular weight excluding hydrogens is 302 g/mol. The summed E-state index contributed by atoms with van der Waals surface area (Å²) in [6, 6.07) is 9.04. The van der Waals surface area contributed by atoms with Crippen LogP contribution in [0.1, 0.15) is 42.3 Å². The van der Waals surface area contributed by atoms with Crippen molar-refractivity contribution in [2.24, 2.45) is 0 Å². The Morgan fingerprint density at radius 3 is 2.75 bits per heavy atom. The lowest BCUT2D eigenvalue weighted by Crippen LogP contribution is -2.09. The fraction of sp³-hybridized carbons (Fsp3) is 0.389. The number of hydrogen-bond acceptors (Lipinski definition) is 5. The molecule has 1 aromatic carbocycles. The second-order valence-electron chi connectivity index (χ2n) is 6.72. The summed E-state index contributed by atoms with van der Waals surface area (Å²) >= 11 is 0. The van der Waals surface area contributed by atoms with E-state index in [1.54, 1.807) is 6.33 Å². The Morgan fingerprint density at radius 2 is 1.96 bits per heavy atom. The molecule has 5 rings (SSSR count).